The molecule has 2 aliphatic rings. The summed E-state index contributed by atoms with van der Waals surface area (Å²) in [5.41, 5.74) is 0.302. The van der Waals surface area contributed by atoms with Gasteiger partial charge in [-0.1, -0.05) is 30.3 Å². The molecule has 2 fully saturated rings. The lowest BCUT2D eigenvalue weighted by Crippen LogP contribution is -2.59. The van der Waals surface area contributed by atoms with Crippen LogP contribution in [0.1, 0.15) is 44.4 Å². The Hall–Kier alpha value is -2.75. The lowest BCUT2D eigenvalue weighted by molar-refractivity contribution is -0.141. The standard InChI is InChI=1S/C26H36B2F3N5O2/c1-18-15-34(23-14-32-22(13-33-23)26(29,30)31)16-19(2)36(18)24(37)38-11-9-20-8-10-35(25(27,28)12-20)17-21-6-4-3-5-7-21/h3-7,13-14,18-20H,8-12,15-17,27-28H2,1-2H3/t18-,19+,20?. The fraction of sp³-hybridized carbons (Fsp3) is 0.577. The number of piperazine rings is 1. The van der Waals surface area contributed by atoms with Crippen LogP contribution in [0.15, 0.2) is 42.7 Å². The second-order valence-corrected chi connectivity index (χ2v) is 11.2. The average molecular weight is 529 g/mol. The number of alkyl halides is 3. The topological polar surface area (TPSA) is 61.8 Å². The average Bonchev–Trinajstić information content (AvgIpc) is 2.85. The zero-order chi connectivity index (χ0) is 27.5. The van der Waals surface area contributed by atoms with Crippen LogP contribution >= 0.6 is 0 Å². The van der Waals surface area contributed by atoms with Crippen molar-refractivity contribution in [1.29, 1.82) is 0 Å². The second kappa shape index (κ2) is 11.6. The summed E-state index contributed by atoms with van der Waals surface area (Å²) in [5.74, 6) is 0.862. The Balaban J connectivity index is 1.24. The Kier molecular flexibility index (Phi) is 8.59. The fourth-order valence-electron chi connectivity index (χ4n) is 5.81. The largest absolute Gasteiger partial charge is 0.449 e. The van der Waals surface area contributed by atoms with Gasteiger partial charge in [-0.15, -0.1) is 0 Å². The van der Waals surface area contributed by atoms with Crippen molar-refractivity contribution in [2.24, 2.45) is 5.92 Å². The van der Waals surface area contributed by atoms with Crippen molar-refractivity contribution in [3.05, 3.63) is 54.0 Å². The molecule has 12 heteroatoms. The van der Waals surface area contributed by atoms with Crippen LogP contribution in [0.5, 0.6) is 0 Å². The summed E-state index contributed by atoms with van der Waals surface area (Å²) >= 11 is 0. The third-order valence-corrected chi connectivity index (χ3v) is 7.80. The van der Waals surface area contributed by atoms with Gasteiger partial charge in [-0.3, -0.25) is 4.90 Å². The van der Waals surface area contributed by atoms with Crippen molar-refractivity contribution < 1.29 is 22.7 Å². The number of hydrogen-bond acceptors (Lipinski definition) is 6. The van der Waals surface area contributed by atoms with Gasteiger partial charge in [-0.2, -0.15) is 13.2 Å². The van der Waals surface area contributed by atoms with Crippen LogP contribution in [0.4, 0.5) is 23.8 Å². The van der Waals surface area contributed by atoms with Crippen LogP contribution in [0.2, 0.25) is 0 Å². The zero-order valence-corrected chi connectivity index (χ0v) is 22.6. The molecule has 7 nitrogen and oxygen atoms in total. The highest BCUT2D eigenvalue weighted by Crippen LogP contribution is 2.31. The molecule has 0 N–H and O–H groups in total. The molecule has 2 saturated heterocycles. The molecule has 0 saturated carbocycles. The number of halogens is 3. The summed E-state index contributed by atoms with van der Waals surface area (Å²) in [6.45, 7) is 7.03. The van der Waals surface area contributed by atoms with Gasteiger partial charge < -0.3 is 14.5 Å². The first-order chi connectivity index (χ1) is 17.9. The third-order valence-electron chi connectivity index (χ3n) is 7.80. The Morgan fingerprint density at radius 3 is 2.37 bits per heavy atom. The number of carbonyl (C=O) groups excluding carboxylic acids is 1. The van der Waals surface area contributed by atoms with Gasteiger partial charge >= 0.3 is 12.3 Å². The number of ether oxygens (including phenoxy) is 1. The molecule has 3 atom stereocenters. The highest BCUT2D eigenvalue weighted by atomic mass is 19.4. The minimum atomic E-state index is -4.52. The molecule has 1 amide bonds. The van der Waals surface area contributed by atoms with Crippen LogP contribution < -0.4 is 4.90 Å². The highest BCUT2D eigenvalue weighted by Gasteiger charge is 2.37. The highest BCUT2D eigenvalue weighted by molar-refractivity contribution is 6.40. The van der Waals surface area contributed by atoms with Crippen molar-refractivity contribution in [1.82, 2.24) is 19.8 Å². The van der Waals surface area contributed by atoms with E-state index in [0.29, 0.717) is 31.4 Å². The van der Waals surface area contributed by atoms with Crippen LogP contribution in [0.3, 0.4) is 0 Å². The molecule has 2 aromatic rings. The lowest BCUT2D eigenvalue weighted by atomic mass is 9.54. The Morgan fingerprint density at radius 2 is 1.79 bits per heavy atom. The number of piperidine rings is 1. The number of amides is 1. The van der Waals surface area contributed by atoms with Gasteiger partial charge in [0, 0.05) is 19.6 Å². The fourth-order valence-corrected chi connectivity index (χ4v) is 5.81. The summed E-state index contributed by atoms with van der Waals surface area (Å²) in [6.07, 6.45) is -0.0164. The SMILES string of the molecule is BC1(B)CC(CCOC(=O)N2[C@H](C)CN(c3cnc(C(F)(F)F)cn3)C[C@@H]2C)CCN1Cc1ccccc1. The Morgan fingerprint density at radius 1 is 1.11 bits per heavy atom. The van der Waals surface area contributed by atoms with E-state index in [0.717, 1.165) is 44.7 Å². The molecule has 1 unspecified atom stereocenters. The first kappa shape index (κ1) is 28.3. The first-order valence-corrected chi connectivity index (χ1v) is 13.3. The molecular weight excluding hydrogens is 493 g/mol. The van der Waals surface area contributed by atoms with E-state index in [4.69, 9.17) is 4.74 Å². The molecule has 1 aromatic carbocycles. The molecule has 4 rings (SSSR count). The van der Waals surface area contributed by atoms with E-state index in [-0.39, 0.29) is 23.5 Å². The van der Waals surface area contributed by atoms with E-state index in [9.17, 15) is 18.0 Å². The molecule has 38 heavy (non-hydrogen) atoms. The number of carbonyl (C=O) groups is 1. The van der Waals surface area contributed by atoms with Crippen molar-refractivity contribution in [3.8, 4) is 0 Å². The maximum atomic E-state index is 13.0. The van der Waals surface area contributed by atoms with E-state index in [1.165, 1.54) is 5.56 Å². The van der Waals surface area contributed by atoms with Crippen molar-refractivity contribution >= 4 is 27.6 Å². The minimum Gasteiger partial charge on any atom is -0.449 e. The molecule has 1 aromatic heterocycles. The second-order valence-electron chi connectivity index (χ2n) is 11.2. The van der Waals surface area contributed by atoms with Crippen molar-refractivity contribution in [3.63, 3.8) is 0 Å². The molecule has 2 aliphatic heterocycles. The van der Waals surface area contributed by atoms with Crippen LogP contribution in [0.25, 0.3) is 0 Å². The summed E-state index contributed by atoms with van der Waals surface area (Å²) in [4.78, 5) is 26.6. The summed E-state index contributed by atoms with van der Waals surface area (Å²) in [7, 11) is 4.58. The van der Waals surface area contributed by atoms with E-state index in [1.807, 2.05) is 24.8 Å². The predicted molar refractivity (Wildman–Crippen MR) is 145 cm³/mol. The summed E-state index contributed by atoms with van der Waals surface area (Å²) in [6, 6.07) is 10.2. The van der Waals surface area contributed by atoms with E-state index in [2.05, 4.69) is 54.8 Å². The van der Waals surface area contributed by atoms with E-state index >= 15 is 0 Å². The molecule has 0 bridgehead atoms. The van der Waals surface area contributed by atoms with Gasteiger partial charge in [0.1, 0.15) is 21.5 Å². The maximum absolute atomic E-state index is 13.0. The van der Waals surface area contributed by atoms with Gasteiger partial charge in [-0.25, -0.2) is 14.8 Å². The van der Waals surface area contributed by atoms with Gasteiger partial charge in [0.25, 0.3) is 0 Å². The lowest BCUT2D eigenvalue weighted by Gasteiger charge is -2.46. The smallest absolute Gasteiger partial charge is 0.434 e. The number of aromatic nitrogens is 2. The zero-order valence-electron chi connectivity index (χ0n) is 22.6. The normalized spacial score (nSPS) is 24.3. The van der Waals surface area contributed by atoms with Crippen LogP contribution in [-0.2, 0) is 17.5 Å². The van der Waals surface area contributed by atoms with Crippen LogP contribution in [0, 0.1) is 5.92 Å². The Labute approximate surface area is 224 Å². The molecule has 0 aliphatic carbocycles. The Bertz CT molecular complexity index is 1060. The molecule has 0 spiro atoms. The number of nitrogens with zero attached hydrogens (tertiary/aromatic N) is 5. The number of anilines is 1. The number of benzene rings is 1. The summed E-state index contributed by atoms with van der Waals surface area (Å²) < 4.78 is 44.1. The van der Waals surface area contributed by atoms with Crippen molar-refractivity contribution in [2.75, 3.05) is 31.1 Å². The molecular formula is C26H36B2F3N5O2. The third kappa shape index (κ3) is 6.81. The molecule has 204 valence electrons. The molecule has 3 heterocycles. The number of likely N-dealkylation sites (tertiary alicyclic amines) is 1. The van der Waals surface area contributed by atoms with E-state index in [1.54, 1.807) is 4.90 Å². The monoisotopic (exact) mass is 529 g/mol. The minimum absolute atomic E-state index is 0.0727. The summed E-state index contributed by atoms with van der Waals surface area (Å²) in [5, 5.41) is 0.0727. The number of hydrogen-bond donors (Lipinski definition) is 0. The van der Waals surface area contributed by atoms with Crippen molar-refractivity contribution in [2.45, 2.75) is 63.3 Å². The van der Waals surface area contributed by atoms with Gasteiger partial charge in [-0.05, 0) is 56.5 Å². The van der Waals surface area contributed by atoms with Gasteiger partial charge in [0.2, 0.25) is 0 Å². The van der Waals surface area contributed by atoms with Gasteiger partial charge in [0.15, 0.2) is 5.69 Å². The van der Waals surface area contributed by atoms with E-state index < -0.39 is 11.9 Å². The molecule has 0 radical (unpaired) electrons. The first-order valence-electron chi connectivity index (χ1n) is 13.3. The maximum Gasteiger partial charge on any atom is 0.434 e. The van der Waals surface area contributed by atoms with Gasteiger partial charge in [0.05, 0.1) is 31.1 Å². The quantitative estimate of drug-likeness (QED) is 0.537. The van der Waals surface area contributed by atoms with Crippen LogP contribution in [-0.4, -0.2) is 85.2 Å². The predicted octanol–water partition coefficient (Wildman–Crippen LogP) is 2.75. The number of rotatable bonds is 6.